The second-order valence-electron chi connectivity index (χ2n) is 7.43. The number of rotatable bonds is 4. The molecular weight excluding hydrogens is 366 g/mol. The largest absolute Gasteiger partial charge is 0.336 e. The molecule has 2 aromatic carbocycles. The van der Waals surface area contributed by atoms with Gasteiger partial charge in [0, 0.05) is 54.9 Å². The fourth-order valence-corrected chi connectivity index (χ4v) is 4.41. The molecule has 3 aromatic rings. The number of aromatic nitrogens is 1. The molecule has 0 radical (unpaired) electrons. The van der Waals surface area contributed by atoms with Gasteiger partial charge in [-0.2, -0.15) is 0 Å². The van der Waals surface area contributed by atoms with E-state index in [-0.39, 0.29) is 5.91 Å². The van der Waals surface area contributed by atoms with Crippen molar-refractivity contribution in [1.29, 1.82) is 0 Å². The summed E-state index contributed by atoms with van der Waals surface area (Å²) in [6.07, 6.45) is 0. The van der Waals surface area contributed by atoms with Gasteiger partial charge in [-0.15, -0.1) is 11.3 Å². The molecule has 2 heterocycles. The van der Waals surface area contributed by atoms with Crippen LogP contribution in [0.4, 0.5) is 0 Å². The molecule has 1 amide bonds. The predicted molar refractivity (Wildman–Crippen MR) is 115 cm³/mol. The first-order valence-corrected chi connectivity index (χ1v) is 10.6. The molecule has 1 aliphatic heterocycles. The van der Waals surface area contributed by atoms with Gasteiger partial charge in [-0.3, -0.25) is 9.69 Å². The van der Waals surface area contributed by atoms with Crippen LogP contribution in [0.25, 0.3) is 10.6 Å². The van der Waals surface area contributed by atoms with Crippen LogP contribution in [0.1, 0.15) is 27.2 Å². The fraction of sp³-hybridized carbons (Fsp3) is 0.304. The summed E-state index contributed by atoms with van der Waals surface area (Å²) in [5.41, 5.74) is 5.49. The van der Waals surface area contributed by atoms with Crippen molar-refractivity contribution in [2.45, 2.75) is 20.4 Å². The molecule has 1 aromatic heterocycles. The van der Waals surface area contributed by atoms with Crippen molar-refractivity contribution in [2.75, 3.05) is 26.2 Å². The van der Waals surface area contributed by atoms with E-state index in [1.54, 1.807) is 11.3 Å². The third-order valence-electron chi connectivity index (χ3n) is 5.15. The molecule has 0 atom stereocenters. The first kappa shape index (κ1) is 18.8. The van der Waals surface area contributed by atoms with Crippen LogP contribution in [-0.2, 0) is 6.54 Å². The third kappa shape index (κ3) is 4.32. The van der Waals surface area contributed by atoms with Crippen molar-refractivity contribution in [3.63, 3.8) is 0 Å². The summed E-state index contributed by atoms with van der Waals surface area (Å²) < 4.78 is 0. The second kappa shape index (κ2) is 8.25. The van der Waals surface area contributed by atoms with Gasteiger partial charge in [0.15, 0.2) is 0 Å². The van der Waals surface area contributed by atoms with Gasteiger partial charge in [-0.1, -0.05) is 42.0 Å². The van der Waals surface area contributed by atoms with E-state index < -0.39 is 0 Å². The summed E-state index contributed by atoms with van der Waals surface area (Å²) in [5, 5.41) is 3.05. The van der Waals surface area contributed by atoms with Crippen molar-refractivity contribution in [1.82, 2.24) is 14.8 Å². The molecule has 1 fully saturated rings. The number of piperazine rings is 1. The van der Waals surface area contributed by atoms with Crippen molar-refractivity contribution in [3.05, 3.63) is 76.3 Å². The molecule has 0 spiro atoms. The van der Waals surface area contributed by atoms with E-state index in [1.165, 1.54) is 11.1 Å². The highest BCUT2D eigenvalue weighted by atomic mass is 32.1. The zero-order valence-electron chi connectivity index (χ0n) is 16.4. The lowest BCUT2D eigenvalue weighted by atomic mass is 10.1. The lowest BCUT2D eigenvalue weighted by Gasteiger charge is -2.34. The molecule has 1 aliphatic rings. The highest BCUT2D eigenvalue weighted by molar-refractivity contribution is 7.13. The molecule has 4 nitrogen and oxygen atoms in total. The van der Waals surface area contributed by atoms with Crippen molar-refractivity contribution >= 4 is 17.2 Å². The number of benzene rings is 2. The highest BCUT2D eigenvalue weighted by Crippen LogP contribution is 2.24. The Morgan fingerprint density at radius 3 is 2.43 bits per heavy atom. The molecule has 144 valence electrons. The van der Waals surface area contributed by atoms with Gasteiger partial charge in [-0.25, -0.2) is 4.98 Å². The summed E-state index contributed by atoms with van der Waals surface area (Å²) in [4.78, 5) is 21.8. The maximum Gasteiger partial charge on any atom is 0.253 e. The van der Waals surface area contributed by atoms with Crippen LogP contribution in [0.3, 0.4) is 0 Å². The minimum Gasteiger partial charge on any atom is -0.336 e. The third-order valence-corrected chi connectivity index (χ3v) is 6.16. The quantitative estimate of drug-likeness (QED) is 0.662. The Bertz CT molecular complexity index is 956. The normalized spacial score (nSPS) is 15.0. The van der Waals surface area contributed by atoms with E-state index in [0.717, 1.165) is 54.6 Å². The monoisotopic (exact) mass is 391 g/mol. The first-order valence-electron chi connectivity index (χ1n) is 9.68. The Hall–Kier alpha value is -2.50. The van der Waals surface area contributed by atoms with Crippen LogP contribution in [0.2, 0.25) is 0 Å². The van der Waals surface area contributed by atoms with E-state index in [2.05, 4.69) is 41.1 Å². The number of thiazole rings is 1. The Morgan fingerprint density at radius 2 is 1.79 bits per heavy atom. The molecular formula is C23H25N3OS. The lowest BCUT2D eigenvalue weighted by Crippen LogP contribution is -2.48. The second-order valence-corrected chi connectivity index (χ2v) is 8.29. The average molecular weight is 392 g/mol. The average Bonchev–Trinajstić information content (AvgIpc) is 3.15. The molecule has 1 saturated heterocycles. The van der Waals surface area contributed by atoms with Crippen molar-refractivity contribution in [3.8, 4) is 10.6 Å². The van der Waals surface area contributed by atoms with E-state index in [4.69, 9.17) is 0 Å². The van der Waals surface area contributed by atoms with Crippen LogP contribution in [0, 0.1) is 13.8 Å². The Labute approximate surface area is 170 Å². The number of hydrogen-bond acceptors (Lipinski definition) is 4. The van der Waals surface area contributed by atoms with Gasteiger partial charge in [0.25, 0.3) is 5.91 Å². The van der Waals surface area contributed by atoms with E-state index in [1.807, 2.05) is 41.5 Å². The standard InChI is InChI=1S/C23H25N3OS/c1-17-4-3-5-19(14-17)15-25-10-12-26(13-11-25)23(27)21-8-6-20(7-9-21)22-24-18(2)16-28-22/h3-9,14,16H,10-13,15H2,1-2H3. The zero-order chi connectivity index (χ0) is 19.5. The van der Waals surface area contributed by atoms with Crippen LogP contribution in [0.5, 0.6) is 0 Å². The Kier molecular flexibility index (Phi) is 5.55. The predicted octanol–water partition coefficient (Wildman–Crippen LogP) is 4.38. The number of amides is 1. The van der Waals surface area contributed by atoms with Crippen LogP contribution in [0.15, 0.2) is 53.9 Å². The summed E-state index contributed by atoms with van der Waals surface area (Å²) >= 11 is 1.63. The maximum atomic E-state index is 12.9. The first-order chi connectivity index (χ1) is 13.6. The fourth-order valence-electron chi connectivity index (χ4n) is 3.60. The lowest BCUT2D eigenvalue weighted by molar-refractivity contribution is 0.0628. The maximum absolute atomic E-state index is 12.9. The van der Waals surface area contributed by atoms with Gasteiger partial charge in [0.2, 0.25) is 0 Å². The minimum atomic E-state index is 0.122. The van der Waals surface area contributed by atoms with Gasteiger partial charge < -0.3 is 4.90 Å². The van der Waals surface area contributed by atoms with Crippen LogP contribution >= 0.6 is 11.3 Å². The Morgan fingerprint density at radius 1 is 1.04 bits per heavy atom. The number of carbonyl (C=O) groups is 1. The summed E-state index contributed by atoms with van der Waals surface area (Å²) in [6.45, 7) is 8.45. The molecule has 0 saturated carbocycles. The van der Waals surface area contributed by atoms with Crippen LogP contribution in [-0.4, -0.2) is 46.9 Å². The smallest absolute Gasteiger partial charge is 0.253 e. The zero-order valence-corrected chi connectivity index (χ0v) is 17.2. The number of carbonyl (C=O) groups excluding carboxylic acids is 1. The number of aryl methyl sites for hydroxylation is 2. The summed E-state index contributed by atoms with van der Waals surface area (Å²) in [7, 11) is 0. The van der Waals surface area contributed by atoms with Crippen molar-refractivity contribution in [2.24, 2.45) is 0 Å². The van der Waals surface area contributed by atoms with E-state index in [9.17, 15) is 4.79 Å². The SMILES string of the molecule is Cc1cccc(CN2CCN(C(=O)c3ccc(-c4nc(C)cs4)cc3)CC2)c1. The van der Waals surface area contributed by atoms with Gasteiger partial charge in [0.05, 0.1) is 0 Å². The molecule has 0 N–H and O–H groups in total. The topological polar surface area (TPSA) is 36.4 Å². The van der Waals surface area contributed by atoms with E-state index in [0.29, 0.717) is 0 Å². The van der Waals surface area contributed by atoms with Crippen molar-refractivity contribution < 1.29 is 4.79 Å². The summed E-state index contributed by atoms with van der Waals surface area (Å²) in [6, 6.07) is 16.5. The van der Waals surface area contributed by atoms with Gasteiger partial charge in [-0.05, 0) is 31.5 Å². The van der Waals surface area contributed by atoms with Gasteiger partial charge >= 0.3 is 0 Å². The molecule has 0 bridgehead atoms. The summed E-state index contributed by atoms with van der Waals surface area (Å²) in [5.74, 6) is 0.122. The van der Waals surface area contributed by atoms with E-state index >= 15 is 0 Å². The highest BCUT2D eigenvalue weighted by Gasteiger charge is 2.22. The molecule has 0 aliphatic carbocycles. The Balaban J connectivity index is 1.34. The van der Waals surface area contributed by atoms with Gasteiger partial charge in [0.1, 0.15) is 5.01 Å². The molecule has 0 unspecified atom stereocenters. The minimum absolute atomic E-state index is 0.122. The number of nitrogens with zero attached hydrogens (tertiary/aromatic N) is 3. The van der Waals surface area contributed by atoms with Crippen LogP contribution < -0.4 is 0 Å². The number of hydrogen-bond donors (Lipinski definition) is 0. The molecule has 4 rings (SSSR count). The molecule has 28 heavy (non-hydrogen) atoms. The molecule has 5 heteroatoms.